The number of rotatable bonds is 7. The maximum absolute atomic E-state index is 12.4. The Kier molecular flexibility index (Phi) is 7.33. The first kappa shape index (κ1) is 21.7. The number of nitrogens with one attached hydrogen (secondary N) is 2. The summed E-state index contributed by atoms with van der Waals surface area (Å²) in [5, 5.41) is 6.35. The molecule has 0 aliphatic heterocycles. The number of benzene rings is 3. The Hall–Kier alpha value is -3.02. The molecule has 0 spiro atoms. The van der Waals surface area contributed by atoms with Crippen molar-refractivity contribution < 1.29 is 14.3 Å². The van der Waals surface area contributed by atoms with E-state index in [4.69, 9.17) is 27.9 Å². The molecule has 0 saturated heterocycles. The van der Waals surface area contributed by atoms with E-state index in [1.165, 1.54) is 5.56 Å². The minimum atomic E-state index is -0.334. The third kappa shape index (κ3) is 5.99. The summed E-state index contributed by atoms with van der Waals surface area (Å²) in [4.78, 5) is 24.4. The fourth-order valence-electron chi connectivity index (χ4n) is 2.66. The second kappa shape index (κ2) is 10.1. The molecule has 7 heteroatoms. The molecule has 2 amide bonds. The van der Waals surface area contributed by atoms with Crippen molar-refractivity contribution in [2.75, 3.05) is 17.2 Å². The largest absolute Gasteiger partial charge is 0.484 e. The quantitative estimate of drug-likeness (QED) is 0.483. The normalized spacial score (nSPS) is 10.4. The Labute approximate surface area is 185 Å². The van der Waals surface area contributed by atoms with Crippen LogP contribution in [0.4, 0.5) is 11.4 Å². The average molecular weight is 443 g/mol. The van der Waals surface area contributed by atoms with Gasteiger partial charge >= 0.3 is 0 Å². The van der Waals surface area contributed by atoms with Crippen LogP contribution in [0.15, 0.2) is 66.7 Å². The maximum Gasteiger partial charge on any atom is 0.262 e. The third-order valence-corrected chi connectivity index (χ3v) is 4.87. The van der Waals surface area contributed by atoms with Crippen LogP contribution in [0.5, 0.6) is 5.75 Å². The van der Waals surface area contributed by atoms with Gasteiger partial charge in [0.25, 0.3) is 11.8 Å². The Morgan fingerprint density at radius 2 is 1.60 bits per heavy atom. The van der Waals surface area contributed by atoms with E-state index >= 15 is 0 Å². The van der Waals surface area contributed by atoms with Crippen LogP contribution >= 0.6 is 23.2 Å². The van der Waals surface area contributed by atoms with E-state index in [0.29, 0.717) is 32.7 Å². The van der Waals surface area contributed by atoms with E-state index in [-0.39, 0.29) is 18.4 Å². The highest BCUT2D eigenvalue weighted by Crippen LogP contribution is 2.26. The zero-order valence-electron chi connectivity index (χ0n) is 16.2. The molecule has 0 saturated carbocycles. The molecule has 0 bridgehead atoms. The SMILES string of the molecule is CCc1ccc(NC(=O)COc2ccc(C(=O)Nc3cc(Cl)ccc3Cl)cc2)cc1. The fourth-order valence-corrected chi connectivity index (χ4v) is 3.00. The molecule has 3 rings (SSSR count). The Morgan fingerprint density at radius 1 is 0.900 bits per heavy atom. The van der Waals surface area contributed by atoms with Gasteiger partial charge in [-0.05, 0) is 66.6 Å². The van der Waals surface area contributed by atoms with Crippen molar-refractivity contribution >= 4 is 46.4 Å². The first-order chi connectivity index (χ1) is 14.4. The summed E-state index contributed by atoms with van der Waals surface area (Å²) in [5.41, 5.74) is 2.76. The third-order valence-electron chi connectivity index (χ3n) is 4.31. The van der Waals surface area contributed by atoms with Crippen LogP contribution in [0.1, 0.15) is 22.8 Å². The number of hydrogen-bond acceptors (Lipinski definition) is 3. The number of aryl methyl sites for hydroxylation is 1. The van der Waals surface area contributed by atoms with Crippen molar-refractivity contribution in [2.24, 2.45) is 0 Å². The zero-order valence-corrected chi connectivity index (χ0v) is 17.8. The number of anilines is 2. The van der Waals surface area contributed by atoms with E-state index in [0.717, 1.165) is 6.42 Å². The molecule has 0 heterocycles. The standard InChI is InChI=1S/C23H20Cl2N2O3/c1-2-15-3-8-18(9-4-15)26-22(28)14-30-19-10-5-16(6-11-19)23(29)27-21-13-17(24)7-12-20(21)25/h3-13H,2,14H2,1H3,(H,26,28)(H,27,29). The molecule has 3 aromatic carbocycles. The maximum atomic E-state index is 12.4. The Balaban J connectivity index is 1.52. The van der Waals surface area contributed by atoms with Crippen LogP contribution in [0.25, 0.3) is 0 Å². The highest BCUT2D eigenvalue weighted by Gasteiger charge is 2.10. The lowest BCUT2D eigenvalue weighted by atomic mass is 10.1. The van der Waals surface area contributed by atoms with Gasteiger partial charge in [0.2, 0.25) is 0 Å². The number of amides is 2. The van der Waals surface area contributed by atoms with Crippen molar-refractivity contribution in [1.29, 1.82) is 0 Å². The molecule has 2 N–H and O–H groups in total. The van der Waals surface area contributed by atoms with Gasteiger partial charge in [-0.3, -0.25) is 9.59 Å². The molecule has 0 fully saturated rings. The number of halogens is 2. The van der Waals surface area contributed by atoms with Gasteiger partial charge in [0.1, 0.15) is 5.75 Å². The van der Waals surface area contributed by atoms with Gasteiger partial charge in [-0.1, -0.05) is 42.3 Å². The lowest BCUT2D eigenvalue weighted by Gasteiger charge is -2.10. The lowest BCUT2D eigenvalue weighted by Crippen LogP contribution is -2.20. The molecule has 3 aromatic rings. The summed E-state index contributed by atoms with van der Waals surface area (Å²) >= 11 is 12.0. The second-order valence-corrected chi connectivity index (χ2v) is 7.33. The highest BCUT2D eigenvalue weighted by atomic mass is 35.5. The van der Waals surface area contributed by atoms with E-state index in [1.54, 1.807) is 42.5 Å². The van der Waals surface area contributed by atoms with E-state index in [9.17, 15) is 9.59 Å². The molecule has 0 unspecified atom stereocenters. The molecule has 5 nitrogen and oxygen atoms in total. The summed E-state index contributed by atoms with van der Waals surface area (Å²) in [6, 6.07) is 18.9. The first-order valence-corrected chi connectivity index (χ1v) is 10.1. The summed E-state index contributed by atoms with van der Waals surface area (Å²) in [7, 11) is 0. The molecule has 154 valence electrons. The average Bonchev–Trinajstić information content (AvgIpc) is 2.75. The molecule has 0 radical (unpaired) electrons. The molecular weight excluding hydrogens is 423 g/mol. The molecule has 0 aromatic heterocycles. The topological polar surface area (TPSA) is 67.4 Å². The molecular formula is C23H20Cl2N2O3. The number of carbonyl (C=O) groups is 2. The van der Waals surface area contributed by atoms with Gasteiger partial charge in [-0.25, -0.2) is 0 Å². The van der Waals surface area contributed by atoms with Crippen LogP contribution in [0.3, 0.4) is 0 Å². The summed E-state index contributed by atoms with van der Waals surface area (Å²) < 4.78 is 5.49. The van der Waals surface area contributed by atoms with E-state index < -0.39 is 0 Å². The van der Waals surface area contributed by atoms with Gasteiger partial charge in [-0.15, -0.1) is 0 Å². The van der Waals surface area contributed by atoms with Crippen LogP contribution in [0, 0.1) is 0 Å². The van der Waals surface area contributed by atoms with E-state index in [1.807, 2.05) is 24.3 Å². The van der Waals surface area contributed by atoms with Crippen molar-refractivity contribution in [3.8, 4) is 5.75 Å². The smallest absolute Gasteiger partial charge is 0.262 e. The fraction of sp³-hybridized carbons (Fsp3) is 0.130. The number of carbonyl (C=O) groups excluding carboxylic acids is 2. The lowest BCUT2D eigenvalue weighted by molar-refractivity contribution is -0.118. The Bertz CT molecular complexity index is 1040. The van der Waals surface area contributed by atoms with Gasteiger partial charge in [-0.2, -0.15) is 0 Å². The molecule has 0 aliphatic carbocycles. The van der Waals surface area contributed by atoms with Gasteiger partial charge < -0.3 is 15.4 Å². The van der Waals surface area contributed by atoms with Crippen molar-refractivity contribution in [3.05, 3.63) is 87.9 Å². The van der Waals surface area contributed by atoms with Gasteiger partial charge in [0.05, 0.1) is 10.7 Å². The second-order valence-electron chi connectivity index (χ2n) is 6.49. The number of ether oxygens (including phenoxy) is 1. The van der Waals surface area contributed by atoms with Crippen molar-refractivity contribution in [1.82, 2.24) is 0 Å². The van der Waals surface area contributed by atoms with E-state index in [2.05, 4.69) is 17.6 Å². The van der Waals surface area contributed by atoms with Crippen molar-refractivity contribution in [3.63, 3.8) is 0 Å². The van der Waals surface area contributed by atoms with Gasteiger partial charge in [0.15, 0.2) is 6.61 Å². The van der Waals surface area contributed by atoms with Crippen LogP contribution < -0.4 is 15.4 Å². The Morgan fingerprint density at radius 3 is 2.27 bits per heavy atom. The minimum Gasteiger partial charge on any atom is -0.484 e. The molecule has 0 aliphatic rings. The van der Waals surface area contributed by atoms with Crippen LogP contribution in [0.2, 0.25) is 10.0 Å². The van der Waals surface area contributed by atoms with Gasteiger partial charge in [0, 0.05) is 16.3 Å². The monoisotopic (exact) mass is 442 g/mol. The predicted octanol–water partition coefficient (Wildman–Crippen LogP) is 5.83. The molecule has 0 atom stereocenters. The predicted molar refractivity (Wildman–Crippen MR) is 121 cm³/mol. The highest BCUT2D eigenvalue weighted by molar-refractivity contribution is 6.35. The minimum absolute atomic E-state index is 0.140. The summed E-state index contributed by atoms with van der Waals surface area (Å²) in [6.45, 7) is 1.93. The van der Waals surface area contributed by atoms with Crippen LogP contribution in [-0.2, 0) is 11.2 Å². The number of hydrogen-bond donors (Lipinski definition) is 2. The zero-order chi connectivity index (χ0) is 21.5. The summed E-state index contributed by atoms with van der Waals surface area (Å²) in [5.74, 6) is -0.125. The first-order valence-electron chi connectivity index (χ1n) is 9.32. The summed E-state index contributed by atoms with van der Waals surface area (Å²) in [6.07, 6.45) is 0.942. The van der Waals surface area contributed by atoms with Crippen LogP contribution in [-0.4, -0.2) is 18.4 Å². The van der Waals surface area contributed by atoms with Crippen molar-refractivity contribution in [2.45, 2.75) is 13.3 Å². The molecule has 30 heavy (non-hydrogen) atoms.